The lowest BCUT2D eigenvalue weighted by Gasteiger charge is -2.09. The lowest BCUT2D eigenvalue weighted by atomic mass is 10.0. The van der Waals surface area contributed by atoms with Gasteiger partial charge in [0.1, 0.15) is 5.75 Å². The van der Waals surface area contributed by atoms with Crippen LogP contribution in [0.25, 0.3) is 22.2 Å². The summed E-state index contributed by atoms with van der Waals surface area (Å²) in [5.74, 6) is 0.469. The van der Waals surface area contributed by atoms with E-state index in [-0.39, 0.29) is 5.91 Å². The van der Waals surface area contributed by atoms with Gasteiger partial charge in [0, 0.05) is 15.4 Å². The van der Waals surface area contributed by atoms with Crippen molar-refractivity contribution in [1.82, 2.24) is 10.4 Å². The van der Waals surface area contributed by atoms with Gasteiger partial charge >= 0.3 is 0 Å². The highest BCUT2D eigenvalue weighted by Gasteiger charge is 2.13. The summed E-state index contributed by atoms with van der Waals surface area (Å²) in [5, 5.41) is 4.88. The number of para-hydroxylation sites is 1. The minimum absolute atomic E-state index is 0.295. The first-order chi connectivity index (χ1) is 14.6. The van der Waals surface area contributed by atoms with Crippen molar-refractivity contribution in [2.24, 2.45) is 5.10 Å². The van der Waals surface area contributed by atoms with Gasteiger partial charge < -0.3 is 4.74 Å². The number of benzene rings is 3. The van der Waals surface area contributed by atoms with Crippen molar-refractivity contribution >= 4 is 39.0 Å². The van der Waals surface area contributed by atoms with E-state index in [1.54, 1.807) is 19.4 Å². The molecule has 5 nitrogen and oxygen atoms in total. The van der Waals surface area contributed by atoms with Crippen molar-refractivity contribution in [3.8, 4) is 17.0 Å². The maximum absolute atomic E-state index is 12.9. The summed E-state index contributed by atoms with van der Waals surface area (Å²) >= 11 is 3.44. The number of halogens is 1. The van der Waals surface area contributed by atoms with Gasteiger partial charge in [-0.25, -0.2) is 10.4 Å². The smallest absolute Gasteiger partial charge is 0.272 e. The maximum atomic E-state index is 12.9. The Hall–Kier alpha value is -3.51. The average molecular weight is 460 g/mol. The SMILES string of the molecule is COc1ccc(/C=N\NC(=O)c2cc(-c3ccc(Br)cc3)nc3ccccc23)cc1. The number of hydrazone groups is 1. The van der Waals surface area contributed by atoms with E-state index in [1.807, 2.05) is 72.8 Å². The summed E-state index contributed by atoms with van der Waals surface area (Å²) in [6.45, 7) is 0. The molecule has 0 saturated carbocycles. The highest BCUT2D eigenvalue weighted by atomic mass is 79.9. The molecule has 0 saturated heterocycles. The zero-order chi connectivity index (χ0) is 20.9. The average Bonchev–Trinajstić information content (AvgIpc) is 2.79. The summed E-state index contributed by atoms with van der Waals surface area (Å²) in [7, 11) is 1.62. The molecule has 30 heavy (non-hydrogen) atoms. The number of methoxy groups -OCH3 is 1. The number of aromatic nitrogens is 1. The Bertz CT molecular complexity index is 1220. The van der Waals surface area contributed by atoms with Gasteiger partial charge in [0.2, 0.25) is 0 Å². The van der Waals surface area contributed by atoms with Gasteiger partial charge in [0.15, 0.2) is 0 Å². The van der Waals surface area contributed by atoms with Crippen LogP contribution in [0.2, 0.25) is 0 Å². The molecule has 0 aliphatic heterocycles. The first kappa shape index (κ1) is 19.8. The van der Waals surface area contributed by atoms with Crippen LogP contribution in [0.1, 0.15) is 15.9 Å². The molecule has 1 amide bonds. The van der Waals surface area contributed by atoms with E-state index in [4.69, 9.17) is 9.72 Å². The minimum Gasteiger partial charge on any atom is -0.497 e. The van der Waals surface area contributed by atoms with E-state index in [1.165, 1.54) is 0 Å². The maximum Gasteiger partial charge on any atom is 0.272 e. The molecule has 0 fully saturated rings. The summed E-state index contributed by atoms with van der Waals surface area (Å²) < 4.78 is 6.13. The van der Waals surface area contributed by atoms with Gasteiger partial charge in [-0.2, -0.15) is 5.10 Å². The Kier molecular flexibility index (Phi) is 5.86. The Balaban J connectivity index is 1.63. The third-order valence-electron chi connectivity index (χ3n) is 4.60. The third-order valence-corrected chi connectivity index (χ3v) is 5.12. The molecule has 1 heterocycles. The van der Waals surface area contributed by atoms with Gasteiger partial charge in [-0.15, -0.1) is 0 Å². The summed E-state index contributed by atoms with van der Waals surface area (Å²) in [6.07, 6.45) is 1.59. The van der Waals surface area contributed by atoms with Crippen molar-refractivity contribution in [2.45, 2.75) is 0 Å². The Morgan fingerprint density at radius 2 is 1.77 bits per heavy atom. The molecule has 0 unspecified atom stereocenters. The molecular formula is C24H18BrN3O2. The van der Waals surface area contributed by atoms with Gasteiger partial charge in [-0.1, -0.05) is 46.3 Å². The van der Waals surface area contributed by atoms with Crippen LogP contribution >= 0.6 is 15.9 Å². The van der Waals surface area contributed by atoms with E-state index in [0.717, 1.165) is 37.9 Å². The second-order valence-electron chi connectivity index (χ2n) is 6.55. The monoisotopic (exact) mass is 459 g/mol. The molecule has 4 aromatic rings. The number of pyridine rings is 1. The number of ether oxygens (including phenoxy) is 1. The number of nitrogens with zero attached hydrogens (tertiary/aromatic N) is 2. The molecule has 6 heteroatoms. The molecule has 4 rings (SSSR count). The number of rotatable bonds is 5. The Morgan fingerprint density at radius 1 is 1.03 bits per heavy atom. The van der Waals surface area contributed by atoms with Crippen LogP contribution in [-0.4, -0.2) is 24.2 Å². The van der Waals surface area contributed by atoms with Crippen molar-refractivity contribution < 1.29 is 9.53 Å². The van der Waals surface area contributed by atoms with Crippen LogP contribution in [0.15, 0.2) is 88.4 Å². The number of carbonyl (C=O) groups is 1. The first-order valence-corrected chi connectivity index (χ1v) is 10.1. The molecule has 1 aromatic heterocycles. The molecule has 0 aliphatic rings. The zero-order valence-electron chi connectivity index (χ0n) is 16.2. The van der Waals surface area contributed by atoms with Crippen molar-refractivity contribution in [2.75, 3.05) is 7.11 Å². The number of carbonyl (C=O) groups excluding carboxylic acids is 1. The number of hydrogen-bond donors (Lipinski definition) is 1. The summed E-state index contributed by atoms with van der Waals surface area (Å²) in [5.41, 5.74) is 6.40. The quantitative estimate of drug-likeness (QED) is 0.319. The number of nitrogens with one attached hydrogen (secondary N) is 1. The molecule has 3 aromatic carbocycles. The molecule has 1 N–H and O–H groups in total. The predicted molar refractivity (Wildman–Crippen MR) is 123 cm³/mol. The molecule has 0 spiro atoms. The van der Waals surface area contributed by atoms with Crippen LogP contribution in [0.4, 0.5) is 0 Å². The largest absolute Gasteiger partial charge is 0.497 e. The second kappa shape index (κ2) is 8.88. The number of amides is 1. The first-order valence-electron chi connectivity index (χ1n) is 9.27. The molecule has 148 valence electrons. The van der Waals surface area contributed by atoms with Crippen LogP contribution < -0.4 is 10.2 Å². The van der Waals surface area contributed by atoms with E-state index in [0.29, 0.717) is 5.56 Å². The summed E-state index contributed by atoms with van der Waals surface area (Å²) in [4.78, 5) is 17.6. The van der Waals surface area contributed by atoms with E-state index >= 15 is 0 Å². The fourth-order valence-corrected chi connectivity index (χ4v) is 3.31. The third kappa shape index (κ3) is 4.39. The minimum atomic E-state index is -0.295. The van der Waals surface area contributed by atoms with Crippen molar-refractivity contribution in [1.29, 1.82) is 0 Å². The molecular weight excluding hydrogens is 442 g/mol. The lowest BCUT2D eigenvalue weighted by molar-refractivity contribution is 0.0956. The van der Waals surface area contributed by atoms with Crippen molar-refractivity contribution in [3.05, 3.63) is 94.5 Å². The topological polar surface area (TPSA) is 63.6 Å². The zero-order valence-corrected chi connectivity index (χ0v) is 17.8. The van der Waals surface area contributed by atoms with Crippen LogP contribution in [0.5, 0.6) is 5.75 Å². The van der Waals surface area contributed by atoms with Gasteiger partial charge in [0.25, 0.3) is 5.91 Å². The van der Waals surface area contributed by atoms with E-state index in [2.05, 4.69) is 26.5 Å². The Morgan fingerprint density at radius 3 is 2.50 bits per heavy atom. The van der Waals surface area contributed by atoms with Crippen LogP contribution in [0.3, 0.4) is 0 Å². The normalized spacial score (nSPS) is 11.0. The fourth-order valence-electron chi connectivity index (χ4n) is 3.05. The van der Waals surface area contributed by atoms with E-state index in [9.17, 15) is 4.79 Å². The van der Waals surface area contributed by atoms with Gasteiger partial charge in [0.05, 0.1) is 30.1 Å². The highest BCUT2D eigenvalue weighted by molar-refractivity contribution is 9.10. The van der Waals surface area contributed by atoms with Gasteiger partial charge in [-0.3, -0.25) is 4.79 Å². The highest BCUT2D eigenvalue weighted by Crippen LogP contribution is 2.26. The molecule has 0 atom stereocenters. The van der Waals surface area contributed by atoms with Crippen molar-refractivity contribution in [3.63, 3.8) is 0 Å². The van der Waals surface area contributed by atoms with Gasteiger partial charge in [-0.05, 0) is 54.1 Å². The number of fused-ring (bicyclic) bond motifs is 1. The molecule has 0 aliphatic carbocycles. The predicted octanol–water partition coefficient (Wildman–Crippen LogP) is 5.44. The standard InChI is InChI=1S/C24H18BrN3O2/c1-30-19-12-6-16(7-13-19)15-26-28-24(29)21-14-23(17-8-10-18(25)11-9-17)27-22-5-3-2-4-20(21)22/h2-15H,1H3,(H,28,29)/b26-15-. The Labute approximate surface area is 182 Å². The number of hydrogen-bond acceptors (Lipinski definition) is 4. The van der Waals surface area contributed by atoms with Crippen LogP contribution in [-0.2, 0) is 0 Å². The molecule has 0 radical (unpaired) electrons. The fraction of sp³-hybridized carbons (Fsp3) is 0.0417. The lowest BCUT2D eigenvalue weighted by Crippen LogP contribution is -2.18. The van der Waals surface area contributed by atoms with E-state index < -0.39 is 0 Å². The van der Waals surface area contributed by atoms with Crippen LogP contribution in [0, 0.1) is 0 Å². The second-order valence-corrected chi connectivity index (χ2v) is 7.47. The summed E-state index contributed by atoms with van der Waals surface area (Å²) in [6, 6.07) is 24.6. The molecule has 0 bridgehead atoms.